The minimum atomic E-state index is -1.18. The van der Waals surface area contributed by atoms with Crippen LogP contribution in [0, 0.1) is 29.1 Å². The number of ether oxygens (including phenoxy) is 2. The van der Waals surface area contributed by atoms with E-state index in [1.165, 1.54) is 57.5 Å². The molecule has 610 valence electrons. The number of likely N-dealkylation sites (tertiary alicyclic amines) is 3. The molecule has 3 heterocycles. The molecule has 9 atom stereocenters. The van der Waals surface area contributed by atoms with Gasteiger partial charge in [0.05, 0.1) is 55.7 Å². The van der Waals surface area contributed by atoms with Crippen molar-refractivity contribution < 1.29 is 91.9 Å². The number of carbonyl (C=O) groups excluding carboxylic acids is 12. The summed E-state index contributed by atoms with van der Waals surface area (Å²) < 4.78 is 11.1. The Labute approximate surface area is 643 Å². The first kappa shape index (κ1) is 92.6. The van der Waals surface area contributed by atoms with Crippen molar-refractivity contribution >= 4 is 106 Å². The van der Waals surface area contributed by atoms with Gasteiger partial charge >= 0.3 is 11.9 Å². The van der Waals surface area contributed by atoms with Crippen LogP contribution in [0.4, 0.5) is 0 Å². The zero-order valence-corrected chi connectivity index (χ0v) is 65.4. The highest BCUT2D eigenvalue weighted by molar-refractivity contribution is 8.00. The molecule has 0 aromatic heterocycles. The summed E-state index contributed by atoms with van der Waals surface area (Å²) in [7, 11) is 1.45. The Hall–Kier alpha value is -8.79. The van der Waals surface area contributed by atoms with Crippen molar-refractivity contribution in [1.82, 2.24) is 40.9 Å². The molecule has 4 rings (SSSR count). The topological polar surface area (TPSA) is 508 Å². The van der Waals surface area contributed by atoms with Crippen molar-refractivity contribution in [2.45, 2.75) is 225 Å². The second kappa shape index (κ2) is 48.0. The number of nitrogens with two attached hydrogens (primary N) is 4. The van der Waals surface area contributed by atoms with Crippen LogP contribution in [0.25, 0.3) is 0 Å². The first-order valence-electron chi connectivity index (χ1n) is 38.1. The van der Waals surface area contributed by atoms with E-state index < -0.39 is 124 Å². The van der Waals surface area contributed by atoms with Crippen LogP contribution in [0.3, 0.4) is 0 Å². The molecule has 0 aliphatic carbocycles. The van der Waals surface area contributed by atoms with Crippen molar-refractivity contribution in [3.05, 3.63) is 29.8 Å². The Morgan fingerprint density at radius 3 is 1.89 bits per heavy atom. The number of ketones is 3. The van der Waals surface area contributed by atoms with Crippen molar-refractivity contribution in [1.29, 1.82) is 0 Å². The van der Waals surface area contributed by atoms with Gasteiger partial charge in [-0.2, -0.15) is 0 Å². The highest BCUT2D eigenvalue weighted by Gasteiger charge is 2.45. The number of phenolic OH excluding ortho intramolecular Hbond substituents is 1. The lowest BCUT2D eigenvalue weighted by atomic mass is 9.80. The van der Waals surface area contributed by atoms with Gasteiger partial charge in [-0.05, 0) is 125 Å². The Morgan fingerprint density at radius 2 is 1.28 bits per heavy atom. The number of carboxylic acid groups (broad SMARTS) is 2. The molecule has 3 aliphatic heterocycles. The maximum atomic E-state index is 15.2. The molecule has 3 saturated heterocycles. The van der Waals surface area contributed by atoms with E-state index in [0.29, 0.717) is 56.3 Å². The van der Waals surface area contributed by atoms with Crippen LogP contribution in [-0.4, -0.2) is 250 Å². The molecule has 34 heteroatoms. The summed E-state index contributed by atoms with van der Waals surface area (Å²) in [5.41, 5.74) is 22.3. The van der Waals surface area contributed by atoms with Gasteiger partial charge in [-0.25, -0.2) is 0 Å². The SMILES string of the molecule is CC(=O)N[C@@H](CCCCNC(=O)CCOCCOCCNC(=O)CCSC1CC(=O)N(CCCCCC(=O)O)C1=O)C(=O)N1CCC[C@H]1C(=O)N(C)[C@@H](CCCN=C(N)N)C(=O)C[C@@H](CCCN=C(N)N)C(=O)N1CCC[C@H]1C(=O)C[C@@H](Cc1ccc(O)cc1)C(=O)N[C@H](C(=O)C[C@@H](CC(C)C)C(=O)O)C(C)(C)C. The molecule has 0 spiro atoms. The van der Waals surface area contributed by atoms with E-state index in [-0.39, 0.29) is 216 Å². The molecular formula is C75H120N14O19S. The minimum Gasteiger partial charge on any atom is -0.508 e. The number of rotatable bonds is 53. The fraction of sp³-hybridized carbons (Fsp3) is 0.707. The number of aliphatic imine (C=N–C) groups is 2. The molecule has 15 N–H and O–H groups in total. The number of amides is 9. The monoisotopic (exact) mass is 1550 g/mol. The first-order chi connectivity index (χ1) is 51.6. The summed E-state index contributed by atoms with van der Waals surface area (Å²) in [6, 6.07) is 0.637. The lowest BCUT2D eigenvalue weighted by molar-refractivity contribution is -0.148. The standard InChI is InChI=1S/C75H120N14O19S/c1-47(2)41-52(72(105)106)45-60(94)66(75(4,5)6)85-67(100)51(42-49-23-25-53(91)26-24-49)44-59(93)56-20-15-34-87(56)68(101)50(17-13-30-82-73(76)77)43-58(92)55(19-14-31-83-74(78)79)86(7)70(103)57-21-16-35-88(57)69(102)54(84-48(3)90)18-10-11-29-80-62(95)27-36-107-38-39-108-37-32-81-63(96)28-40-109-61-46-64(97)89(71(61)104)33-12-8-9-22-65(98)99/h23-26,47,50-52,54-57,61,66,91H,8-22,27-46H2,1-7H3,(H,80,95)(H,81,96)(H,84,90)(H,85,100)(H,98,99)(H,105,106)(H4,76,77,82)(H4,78,79,83)/t50-,51-,52-,54+,55+,56+,57+,61?,66-/m1/s1. The fourth-order valence-electron chi connectivity index (χ4n) is 13.7. The summed E-state index contributed by atoms with van der Waals surface area (Å²) in [5.74, 6) is -10.6. The number of unbranched alkanes of at least 4 members (excludes halogenated alkanes) is 3. The smallest absolute Gasteiger partial charge is 0.306 e. The lowest BCUT2D eigenvalue weighted by Gasteiger charge is -2.35. The minimum absolute atomic E-state index is 0.0118. The molecule has 0 saturated carbocycles. The molecule has 0 bridgehead atoms. The number of benzene rings is 1. The molecule has 0 radical (unpaired) electrons. The summed E-state index contributed by atoms with van der Waals surface area (Å²) in [4.78, 5) is 202. The lowest BCUT2D eigenvalue weighted by Crippen LogP contribution is -2.55. The van der Waals surface area contributed by atoms with Gasteiger partial charge in [-0.15, -0.1) is 11.8 Å². The molecular weight excluding hydrogens is 1430 g/mol. The summed E-state index contributed by atoms with van der Waals surface area (Å²) in [5, 5.41) is 39.5. The maximum Gasteiger partial charge on any atom is 0.306 e. The Balaban J connectivity index is 1.35. The molecule has 3 aliphatic rings. The van der Waals surface area contributed by atoms with Gasteiger partial charge in [0, 0.05) is 122 Å². The Morgan fingerprint density at radius 1 is 0.670 bits per heavy atom. The highest BCUT2D eigenvalue weighted by Crippen LogP contribution is 2.32. The predicted octanol–water partition coefficient (Wildman–Crippen LogP) is 2.47. The quantitative estimate of drug-likeness (QED) is 0.0193. The average molecular weight is 1550 g/mol. The van der Waals surface area contributed by atoms with E-state index in [1.54, 1.807) is 32.9 Å². The number of thioether (sulfide) groups is 1. The van der Waals surface area contributed by atoms with E-state index in [2.05, 4.69) is 31.3 Å². The van der Waals surface area contributed by atoms with Crippen LogP contribution >= 0.6 is 11.8 Å². The second-order valence-electron chi connectivity index (χ2n) is 29.8. The van der Waals surface area contributed by atoms with Crippen LogP contribution in [0.5, 0.6) is 5.75 Å². The predicted molar refractivity (Wildman–Crippen MR) is 408 cm³/mol. The molecule has 109 heavy (non-hydrogen) atoms. The number of hydrogen-bond acceptors (Lipinski definition) is 20. The summed E-state index contributed by atoms with van der Waals surface area (Å²) >= 11 is 1.25. The number of nitrogens with zero attached hydrogens (tertiary/aromatic N) is 6. The van der Waals surface area contributed by atoms with Crippen molar-refractivity contribution in [3.8, 4) is 5.75 Å². The third-order valence-corrected chi connectivity index (χ3v) is 20.6. The number of imide groups is 1. The fourth-order valence-corrected chi connectivity index (χ4v) is 14.9. The molecule has 3 fully saturated rings. The van der Waals surface area contributed by atoms with Gasteiger partial charge in [0.15, 0.2) is 29.3 Å². The van der Waals surface area contributed by atoms with Crippen LogP contribution < -0.4 is 44.2 Å². The van der Waals surface area contributed by atoms with Gasteiger partial charge in [0.25, 0.3) is 0 Å². The van der Waals surface area contributed by atoms with E-state index in [9.17, 15) is 67.7 Å². The van der Waals surface area contributed by atoms with Crippen molar-refractivity contribution in [2.24, 2.45) is 62.0 Å². The highest BCUT2D eigenvalue weighted by atomic mass is 32.2. The van der Waals surface area contributed by atoms with Gasteiger partial charge < -0.3 is 83.7 Å². The van der Waals surface area contributed by atoms with Gasteiger partial charge in [0.1, 0.15) is 17.8 Å². The first-order valence-corrected chi connectivity index (χ1v) is 39.2. The molecule has 1 aromatic rings. The van der Waals surface area contributed by atoms with E-state index in [1.807, 2.05) is 13.8 Å². The largest absolute Gasteiger partial charge is 0.508 e. The third-order valence-electron chi connectivity index (χ3n) is 19.4. The normalized spacial score (nSPS) is 17.4. The zero-order chi connectivity index (χ0) is 80.9. The number of likely N-dealkylation sites (N-methyl/N-ethyl adjacent to an activating group) is 1. The maximum absolute atomic E-state index is 15.2. The number of nitrogens with one attached hydrogen (secondary N) is 4. The molecule has 33 nitrogen and oxygen atoms in total. The third kappa shape index (κ3) is 33.5. The molecule has 9 amide bonds. The number of carbonyl (C=O) groups is 14. The van der Waals surface area contributed by atoms with Crippen LogP contribution in [0.1, 0.15) is 188 Å². The number of Topliss-reactive ketones (excluding diaryl/α,β-unsaturated/α-hetero) is 3. The van der Waals surface area contributed by atoms with E-state index in [0.717, 1.165) is 0 Å². The molecule has 1 aromatic carbocycles. The number of aromatic hydroxyl groups is 1. The Kier molecular flexibility index (Phi) is 40.8. The molecule has 1 unspecified atom stereocenters. The van der Waals surface area contributed by atoms with E-state index >= 15 is 9.59 Å². The van der Waals surface area contributed by atoms with Crippen molar-refractivity contribution in [3.63, 3.8) is 0 Å². The average Bonchev–Trinajstić information content (AvgIpc) is 1.80. The van der Waals surface area contributed by atoms with E-state index in [4.69, 9.17) is 37.5 Å². The van der Waals surface area contributed by atoms with Crippen LogP contribution in [0.2, 0.25) is 0 Å². The number of phenols is 1. The number of aliphatic carboxylic acids is 2. The van der Waals surface area contributed by atoms with Crippen LogP contribution in [-0.2, 0) is 83.0 Å². The number of hydrogen-bond donors (Lipinski definition) is 11. The summed E-state index contributed by atoms with van der Waals surface area (Å²) in [6.45, 7) is 12.1. The zero-order valence-electron chi connectivity index (χ0n) is 64.6. The second-order valence-corrected chi connectivity index (χ2v) is 31.1. The number of guanidine groups is 2. The summed E-state index contributed by atoms with van der Waals surface area (Å²) in [6.07, 6.45) is 3.79. The van der Waals surface area contributed by atoms with Crippen molar-refractivity contribution in [2.75, 3.05) is 85.0 Å². The Bertz CT molecular complexity index is 3290. The van der Waals surface area contributed by atoms with Gasteiger partial charge in [0.2, 0.25) is 53.2 Å². The number of carboxylic acids is 2. The van der Waals surface area contributed by atoms with Gasteiger partial charge in [-0.3, -0.25) is 82.0 Å². The van der Waals surface area contributed by atoms with Crippen LogP contribution in [0.15, 0.2) is 34.3 Å². The van der Waals surface area contributed by atoms with Gasteiger partial charge in [-0.1, -0.05) is 53.2 Å².